The van der Waals surface area contributed by atoms with Gasteiger partial charge in [0.1, 0.15) is 11.6 Å². The van der Waals surface area contributed by atoms with E-state index >= 15 is 0 Å². The fourth-order valence-corrected chi connectivity index (χ4v) is 4.95. The number of halogens is 1. The normalized spacial score (nSPS) is 16.2. The van der Waals surface area contributed by atoms with Crippen LogP contribution in [0.15, 0.2) is 66.7 Å². The first-order valence-electron chi connectivity index (χ1n) is 10.6. The molecule has 0 spiro atoms. The second kappa shape index (κ2) is 10.0. The van der Waals surface area contributed by atoms with Crippen LogP contribution < -0.4 is 20.7 Å². The second-order valence-electron chi connectivity index (χ2n) is 7.82. The van der Waals surface area contributed by atoms with E-state index in [1.54, 1.807) is 24.3 Å². The van der Waals surface area contributed by atoms with E-state index in [1.807, 2.05) is 30.3 Å². The van der Waals surface area contributed by atoms with Gasteiger partial charge >= 0.3 is 5.97 Å². The monoisotopic (exact) mass is 481 g/mol. The predicted molar refractivity (Wildman–Crippen MR) is 131 cm³/mol. The molecule has 34 heavy (non-hydrogen) atoms. The number of benzene rings is 3. The number of carboxylic acids is 1. The molecular formula is C25H24FN3O4S. The van der Waals surface area contributed by atoms with Gasteiger partial charge in [-0.15, -0.1) is 11.8 Å². The van der Waals surface area contributed by atoms with E-state index < -0.39 is 16.8 Å². The molecule has 0 radical (unpaired) electrons. The molecule has 176 valence electrons. The van der Waals surface area contributed by atoms with Crippen molar-refractivity contribution in [3.63, 3.8) is 0 Å². The van der Waals surface area contributed by atoms with Crippen LogP contribution in [-0.4, -0.2) is 29.1 Å². The number of fused-ring (bicyclic) bond motifs is 1. The Kier molecular flexibility index (Phi) is 6.93. The molecule has 0 fully saturated rings. The van der Waals surface area contributed by atoms with Gasteiger partial charge in [0.25, 0.3) is 5.91 Å². The fraction of sp³-hybridized carbons (Fsp3) is 0.200. The average Bonchev–Trinajstić information content (AvgIpc) is 3.18. The number of thioether (sulfide) groups is 1. The van der Waals surface area contributed by atoms with Gasteiger partial charge in [-0.3, -0.25) is 9.59 Å². The van der Waals surface area contributed by atoms with Crippen molar-refractivity contribution in [3.05, 3.63) is 89.2 Å². The Morgan fingerprint density at radius 3 is 2.56 bits per heavy atom. The molecular weight excluding hydrogens is 457 g/mol. The van der Waals surface area contributed by atoms with E-state index in [0.717, 1.165) is 11.1 Å². The number of carboxylic acid groups (broad SMARTS) is 1. The van der Waals surface area contributed by atoms with Gasteiger partial charge in [-0.05, 0) is 42.0 Å². The van der Waals surface area contributed by atoms with Gasteiger partial charge in [0.2, 0.25) is 0 Å². The van der Waals surface area contributed by atoms with Crippen molar-refractivity contribution in [1.82, 2.24) is 5.32 Å². The number of anilines is 2. The van der Waals surface area contributed by atoms with Gasteiger partial charge in [-0.25, -0.2) is 4.39 Å². The number of rotatable bonds is 9. The maximum atomic E-state index is 13.7. The van der Waals surface area contributed by atoms with E-state index in [-0.39, 0.29) is 12.3 Å². The number of ether oxygens (including phenoxy) is 1. The molecule has 4 N–H and O–H groups in total. The summed E-state index contributed by atoms with van der Waals surface area (Å²) in [4.78, 5) is 23.2. The minimum absolute atomic E-state index is 0.224. The van der Waals surface area contributed by atoms with E-state index in [1.165, 1.54) is 31.0 Å². The largest absolute Gasteiger partial charge is 0.496 e. The SMILES string of the molecule is COc1ccc(C(=O)NCc2ccccc2)cc1CSC1(CC(=O)O)Nc2ccc(F)cc2N1. The molecule has 9 heteroatoms. The lowest BCUT2D eigenvalue weighted by atomic mass is 10.1. The van der Waals surface area contributed by atoms with Crippen molar-refractivity contribution in [2.75, 3.05) is 17.7 Å². The summed E-state index contributed by atoms with van der Waals surface area (Å²) in [5.74, 6) is -0.730. The van der Waals surface area contributed by atoms with Crippen LogP contribution in [-0.2, 0) is 17.1 Å². The predicted octanol–water partition coefficient (Wildman–Crippen LogP) is 4.66. The summed E-state index contributed by atoms with van der Waals surface area (Å²) in [6, 6.07) is 19.0. The van der Waals surface area contributed by atoms with Crippen LogP contribution in [0.5, 0.6) is 5.75 Å². The molecule has 0 saturated carbocycles. The molecule has 1 aliphatic heterocycles. The molecule has 4 rings (SSSR count). The first-order chi connectivity index (χ1) is 16.4. The summed E-state index contributed by atoms with van der Waals surface area (Å²) in [6.45, 7) is 0.403. The zero-order valence-electron chi connectivity index (χ0n) is 18.4. The number of nitrogens with one attached hydrogen (secondary N) is 3. The molecule has 1 unspecified atom stereocenters. The van der Waals surface area contributed by atoms with E-state index in [2.05, 4.69) is 16.0 Å². The second-order valence-corrected chi connectivity index (χ2v) is 9.10. The molecule has 0 aliphatic carbocycles. The van der Waals surface area contributed by atoms with Crippen molar-refractivity contribution in [3.8, 4) is 5.75 Å². The maximum absolute atomic E-state index is 13.7. The Hall–Kier alpha value is -3.72. The Balaban J connectivity index is 1.50. The number of carbonyl (C=O) groups is 2. The van der Waals surface area contributed by atoms with Gasteiger partial charge in [-0.1, -0.05) is 30.3 Å². The van der Waals surface area contributed by atoms with Crippen LogP contribution in [0.1, 0.15) is 27.9 Å². The Morgan fingerprint density at radius 1 is 1.06 bits per heavy atom. The number of aliphatic carboxylic acids is 1. The maximum Gasteiger partial charge on any atom is 0.308 e. The molecule has 3 aromatic rings. The molecule has 0 saturated heterocycles. The number of hydrogen-bond acceptors (Lipinski definition) is 6. The first kappa shape index (κ1) is 23.4. The van der Waals surface area contributed by atoms with Crippen LogP contribution in [0, 0.1) is 5.82 Å². The minimum atomic E-state index is -1.08. The highest BCUT2D eigenvalue weighted by molar-refractivity contribution is 8.00. The van der Waals surface area contributed by atoms with Crippen LogP contribution in [0.2, 0.25) is 0 Å². The van der Waals surface area contributed by atoms with Gasteiger partial charge < -0.3 is 25.8 Å². The molecule has 0 bridgehead atoms. The van der Waals surface area contributed by atoms with Crippen molar-refractivity contribution in [2.45, 2.75) is 23.7 Å². The Bertz CT molecular complexity index is 1210. The molecule has 1 aliphatic rings. The Morgan fingerprint density at radius 2 is 1.82 bits per heavy atom. The summed E-state index contributed by atoms with van der Waals surface area (Å²) in [5.41, 5.74) is 3.31. The molecule has 1 atom stereocenters. The zero-order chi connectivity index (χ0) is 24.1. The van der Waals surface area contributed by atoms with Crippen LogP contribution >= 0.6 is 11.8 Å². The number of amides is 1. The molecule has 1 heterocycles. The number of hydrogen-bond donors (Lipinski definition) is 4. The fourth-order valence-electron chi connectivity index (χ4n) is 3.73. The number of methoxy groups -OCH3 is 1. The Labute approximate surface area is 200 Å². The highest BCUT2D eigenvalue weighted by Gasteiger charge is 2.39. The van der Waals surface area contributed by atoms with Gasteiger partial charge in [0.15, 0.2) is 4.99 Å². The average molecular weight is 482 g/mol. The quantitative estimate of drug-likeness (QED) is 0.353. The van der Waals surface area contributed by atoms with Gasteiger partial charge in [0, 0.05) is 23.4 Å². The van der Waals surface area contributed by atoms with Crippen LogP contribution in [0.4, 0.5) is 15.8 Å². The third-order valence-corrected chi connectivity index (χ3v) is 6.66. The molecule has 0 aromatic heterocycles. The zero-order valence-corrected chi connectivity index (χ0v) is 19.2. The lowest BCUT2D eigenvalue weighted by Gasteiger charge is -2.29. The van der Waals surface area contributed by atoms with E-state index in [9.17, 15) is 19.1 Å². The topological polar surface area (TPSA) is 99.7 Å². The molecule has 1 amide bonds. The van der Waals surface area contributed by atoms with E-state index in [4.69, 9.17) is 4.74 Å². The molecule has 3 aromatic carbocycles. The third-order valence-electron chi connectivity index (χ3n) is 5.37. The van der Waals surface area contributed by atoms with Gasteiger partial charge in [0.05, 0.1) is 24.9 Å². The lowest BCUT2D eigenvalue weighted by molar-refractivity contribution is -0.137. The van der Waals surface area contributed by atoms with Crippen LogP contribution in [0.25, 0.3) is 0 Å². The third kappa shape index (κ3) is 5.43. The number of carbonyl (C=O) groups excluding carboxylic acids is 1. The first-order valence-corrected chi connectivity index (χ1v) is 11.6. The van der Waals surface area contributed by atoms with Crippen molar-refractivity contribution in [2.24, 2.45) is 0 Å². The van der Waals surface area contributed by atoms with Gasteiger partial charge in [-0.2, -0.15) is 0 Å². The standard InChI is InChI=1S/C25H24FN3O4S/c1-33-22-10-7-17(24(32)27-14-16-5-3-2-4-6-16)11-18(22)15-34-25(13-23(30)31)28-20-9-8-19(26)12-21(20)29-25/h2-12,28-29H,13-15H2,1H3,(H,27,32)(H,30,31). The highest BCUT2D eigenvalue weighted by Crippen LogP contribution is 2.44. The summed E-state index contributed by atoms with van der Waals surface area (Å²) >= 11 is 1.30. The summed E-state index contributed by atoms with van der Waals surface area (Å²) in [5, 5.41) is 18.7. The van der Waals surface area contributed by atoms with E-state index in [0.29, 0.717) is 35.0 Å². The summed E-state index contributed by atoms with van der Waals surface area (Å²) in [7, 11) is 1.54. The molecule has 7 nitrogen and oxygen atoms in total. The van der Waals surface area contributed by atoms with Crippen molar-refractivity contribution < 1.29 is 23.8 Å². The highest BCUT2D eigenvalue weighted by atomic mass is 32.2. The lowest BCUT2D eigenvalue weighted by Crippen LogP contribution is -2.40. The summed E-state index contributed by atoms with van der Waals surface area (Å²) in [6.07, 6.45) is -0.256. The smallest absolute Gasteiger partial charge is 0.308 e. The van der Waals surface area contributed by atoms with Crippen molar-refractivity contribution in [1.29, 1.82) is 0 Å². The summed E-state index contributed by atoms with van der Waals surface area (Å²) < 4.78 is 19.1. The minimum Gasteiger partial charge on any atom is -0.496 e. The van der Waals surface area contributed by atoms with Crippen molar-refractivity contribution >= 4 is 35.0 Å². The van der Waals surface area contributed by atoms with Crippen LogP contribution in [0.3, 0.4) is 0 Å².